The highest BCUT2D eigenvalue weighted by Gasteiger charge is 2.22. The molecule has 142 valence electrons. The molecule has 26 heavy (non-hydrogen) atoms. The molecule has 1 aromatic rings. The molecule has 0 spiro atoms. The Balaban J connectivity index is 0.00000243. The molecule has 0 bridgehead atoms. The predicted octanol–water partition coefficient (Wildman–Crippen LogP) is 0.952. The number of amides is 2. The largest absolute Gasteiger partial charge is 0.356 e. The number of aliphatic imine (C=N–C) groups is 1. The smallest absolute Gasteiger partial charge is 0.254 e. The van der Waals surface area contributed by atoms with Crippen LogP contribution in [0.3, 0.4) is 0 Å². The first-order valence-electron chi connectivity index (χ1n) is 8.75. The summed E-state index contributed by atoms with van der Waals surface area (Å²) in [6.07, 6.45) is 2.61. The Morgan fingerprint density at radius 3 is 2.62 bits per heavy atom. The van der Waals surface area contributed by atoms with E-state index in [9.17, 15) is 9.59 Å². The number of carbonyl (C=O) groups is 2. The second-order valence-corrected chi connectivity index (χ2v) is 6.52. The zero-order valence-corrected chi connectivity index (χ0v) is 17.3. The first kappa shape index (κ1) is 20.5. The third-order valence-electron chi connectivity index (χ3n) is 4.47. The van der Waals surface area contributed by atoms with Gasteiger partial charge in [-0.05, 0) is 36.5 Å². The number of carbonyl (C=O) groups excluding carboxylic acids is 2. The van der Waals surface area contributed by atoms with Crippen molar-refractivity contribution in [3.63, 3.8) is 0 Å². The molecule has 1 saturated heterocycles. The molecule has 2 amide bonds. The van der Waals surface area contributed by atoms with Crippen molar-refractivity contribution in [1.82, 2.24) is 20.9 Å². The van der Waals surface area contributed by atoms with Crippen molar-refractivity contribution >= 4 is 41.8 Å². The van der Waals surface area contributed by atoms with E-state index in [1.807, 2.05) is 24.3 Å². The Bertz CT molecular complexity index is 658. The van der Waals surface area contributed by atoms with E-state index in [2.05, 4.69) is 20.9 Å². The van der Waals surface area contributed by atoms with E-state index in [-0.39, 0.29) is 42.3 Å². The van der Waals surface area contributed by atoms with Gasteiger partial charge in [0, 0.05) is 38.8 Å². The molecule has 3 rings (SSSR count). The lowest BCUT2D eigenvalue weighted by Crippen LogP contribution is -2.49. The number of piperazine rings is 1. The van der Waals surface area contributed by atoms with Gasteiger partial charge in [-0.2, -0.15) is 0 Å². The number of nitrogens with one attached hydrogen (secondary N) is 3. The van der Waals surface area contributed by atoms with Gasteiger partial charge >= 0.3 is 0 Å². The summed E-state index contributed by atoms with van der Waals surface area (Å²) in [7, 11) is 1.76. The van der Waals surface area contributed by atoms with E-state index >= 15 is 0 Å². The van der Waals surface area contributed by atoms with E-state index in [0.29, 0.717) is 25.2 Å². The average molecular weight is 471 g/mol. The summed E-state index contributed by atoms with van der Waals surface area (Å²) in [5, 5.41) is 9.32. The number of hydrogen-bond acceptors (Lipinski definition) is 3. The third kappa shape index (κ3) is 5.86. The summed E-state index contributed by atoms with van der Waals surface area (Å²) < 4.78 is 0. The molecule has 0 unspecified atom stereocenters. The molecule has 0 atom stereocenters. The Morgan fingerprint density at radius 1 is 1.27 bits per heavy atom. The zero-order chi connectivity index (χ0) is 17.6. The van der Waals surface area contributed by atoms with Crippen molar-refractivity contribution in [2.75, 3.05) is 33.2 Å². The Hall–Kier alpha value is -1.84. The van der Waals surface area contributed by atoms with Gasteiger partial charge in [-0.3, -0.25) is 14.6 Å². The van der Waals surface area contributed by atoms with E-state index in [1.165, 1.54) is 12.8 Å². The van der Waals surface area contributed by atoms with Crippen LogP contribution < -0.4 is 16.0 Å². The molecule has 2 aliphatic rings. The van der Waals surface area contributed by atoms with Gasteiger partial charge in [0.15, 0.2) is 5.96 Å². The first-order valence-corrected chi connectivity index (χ1v) is 8.75. The maximum Gasteiger partial charge on any atom is 0.254 e. The highest BCUT2D eigenvalue weighted by molar-refractivity contribution is 14.0. The summed E-state index contributed by atoms with van der Waals surface area (Å²) in [6.45, 7) is 2.81. The van der Waals surface area contributed by atoms with Crippen molar-refractivity contribution in [2.24, 2.45) is 10.9 Å². The van der Waals surface area contributed by atoms with Gasteiger partial charge < -0.3 is 20.9 Å². The fourth-order valence-corrected chi connectivity index (χ4v) is 2.73. The number of hydrogen-bond donors (Lipinski definition) is 3. The SMILES string of the molecule is CN=C(NCc1ccc(C(=O)N2CCNC(=O)C2)cc1)NCC1CC1.I. The summed E-state index contributed by atoms with van der Waals surface area (Å²) in [4.78, 5) is 29.6. The van der Waals surface area contributed by atoms with Crippen LogP contribution in [0.15, 0.2) is 29.3 Å². The van der Waals surface area contributed by atoms with Crippen LogP contribution >= 0.6 is 24.0 Å². The Labute approximate surface area is 171 Å². The van der Waals surface area contributed by atoms with Crippen molar-refractivity contribution < 1.29 is 9.59 Å². The molecule has 3 N–H and O–H groups in total. The number of benzene rings is 1. The van der Waals surface area contributed by atoms with Gasteiger partial charge in [-0.1, -0.05) is 12.1 Å². The van der Waals surface area contributed by atoms with Crippen LogP contribution in [0, 0.1) is 5.92 Å². The maximum atomic E-state index is 12.4. The summed E-state index contributed by atoms with van der Waals surface area (Å²) >= 11 is 0. The minimum Gasteiger partial charge on any atom is -0.356 e. The van der Waals surface area contributed by atoms with Gasteiger partial charge in [0.05, 0.1) is 6.54 Å². The quantitative estimate of drug-likeness (QED) is 0.339. The number of halogens is 1. The van der Waals surface area contributed by atoms with Crippen LogP contribution in [-0.2, 0) is 11.3 Å². The van der Waals surface area contributed by atoms with Crippen LogP contribution in [-0.4, -0.2) is 55.9 Å². The normalized spacial score (nSPS) is 17.2. The van der Waals surface area contributed by atoms with E-state index < -0.39 is 0 Å². The minimum absolute atomic E-state index is 0. The molecule has 1 saturated carbocycles. The zero-order valence-electron chi connectivity index (χ0n) is 15.0. The second-order valence-electron chi connectivity index (χ2n) is 6.52. The maximum absolute atomic E-state index is 12.4. The lowest BCUT2D eigenvalue weighted by Gasteiger charge is -2.26. The van der Waals surface area contributed by atoms with Crippen LogP contribution in [0.25, 0.3) is 0 Å². The first-order chi connectivity index (χ1) is 12.2. The molecular formula is C18H26IN5O2. The molecule has 8 heteroatoms. The van der Waals surface area contributed by atoms with Gasteiger partial charge in [-0.25, -0.2) is 0 Å². The van der Waals surface area contributed by atoms with E-state index in [1.54, 1.807) is 11.9 Å². The van der Waals surface area contributed by atoms with Crippen LogP contribution in [0.2, 0.25) is 0 Å². The fourth-order valence-electron chi connectivity index (χ4n) is 2.73. The van der Waals surface area contributed by atoms with Gasteiger partial charge in [0.1, 0.15) is 0 Å². The molecule has 1 heterocycles. The molecule has 0 radical (unpaired) electrons. The van der Waals surface area contributed by atoms with Crippen LogP contribution in [0.1, 0.15) is 28.8 Å². The molecule has 0 aromatic heterocycles. The van der Waals surface area contributed by atoms with Crippen LogP contribution in [0.4, 0.5) is 0 Å². The predicted molar refractivity (Wildman–Crippen MR) is 112 cm³/mol. The highest BCUT2D eigenvalue weighted by atomic mass is 127. The van der Waals surface area contributed by atoms with Gasteiger partial charge in [0.2, 0.25) is 5.91 Å². The van der Waals surface area contributed by atoms with E-state index in [4.69, 9.17) is 0 Å². The third-order valence-corrected chi connectivity index (χ3v) is 4.47. The van der Waals surface area contributed by atoms with Crippen molar-refractivity contribution in [3.05, 3.63) is 35.4 Å². The summed E-state index contributed by atoms with van der Waals surface area (Å²) in [5.41, 5.74) is 1.68. The minimum atomic E-state index is -0.106. The summed E-state index contributed by atoms with van der Waals surface area (Å²) in [5.74, 6) is 1.38. The van der Waals surface area contributed by atoms with Crippen molar-refractivity contribution in [3.8, 4) is 0 Å². The number of rotatable bonds is 5. The highest BCUT2D eigenvalue weighted by Crippen LogP contribution is 2.27. The monoisotopic (exact) mass is 471 g/mol. The number of guanidine groups is 1. The lowest BCUT2D eigenvalue weighted by atomic mass is 10.1. The van der Waals surface area contributed by atoms with Gasteiger partial charge in [-0.15, -0.1) is 24.0 Å². The molecule has 2 fully saturated rings. The molecule has 1 aliphatic carbocycles. The van der Waals surface area contributed by atoms with Crippen molar-refractivity contribution in [2.45, 2.75) is 19.4 Å². The Kier molecular flexibility index (Phi) is 7.67. The van der Waals surface area contributed by atoms with Crippen molar-refractivity contribution in [1.29, 1.82) is 0 Å². The van der Waals surface area contributed by atoms with Crippen LogP contribution in [0.5, 0.6) is 0 Å². The number of nitrogens with zero attached hydrogens (tertiary/aromatic N) is 2. The summed E-state index contributed by atoms with van der Waals surface area (Å²) in [6, 6.07) is 7.48. The molecule has 1 aromatic carbocycles. The lowest BCUT2D eigenvalue weighted by molar-refractivity contribution is -0.123. The average Bonchev–Trinajstić information content (AvgIpc) is 3.46. The van der Waals surface area contributed by atoms with Gasteiger partial charge in [0.25, 0.3) is 5.91 Å². The molecular weight excluding hydrogens is 445 g/mol. The Morgan fingerprint density at radius 2 is 2.00 bits per heavy atom. The fraction of sp³-hybridized carbons (Fsp3) is 0.500. The molecule has 7 nitrogen and oxygen atoms in total. The molecule has 1 aliphatic heterocycles. The second kappa shape index (κ2) is 9.75. The van der Waals surface area contributed by atoms with E-state index in [0.717, 1.165) is 24.0 Å². The topological polar surface area (TPSA) is 85.8 Å². The standard InChI is InChI=1S/C18H25N5O2.HI/c1-19-18(21-10-13-2-3-13)22-11-14-4-6-15(7-5-14)17(25)23-9-8-20-16(24)12-23;/h4-7,13H,2-3,8-12H2,1H3,(H,20,24)(H2,19,21,22);1H.